The molecule has 0 unspecified atom stereocenters. The van der Waals surface area contributed by atoms with Crippen LogP contribution in [-0.2, 0) is 17.8 Å². The fourth-order valence-corrected chi connectivity index (χ4v) is 2.32. The average molecular weight is 295 g/mol. The van der Waals surface area contributed by atoms with Crippen molar-refractivity contribution in [2.75, 3.05) is 12.3 Å². The van der Waals surface area contributed by atoms with Crippen molar-refractivity contribution in [1.29, 1.82) is 0 Å². The van der Waals surface area contributed by atoms with Gasteiger partial charge in [0.05, 0.1) is 5.75 Å². The zero-order chi connectivity index (χ0) is 14.4. The molecule has 8 heteroatoms. The number of aromatic nitrogens is 4. The van der Waals surface area contributed by atoms with Crippen LogP contribution in [0.25, 0.3) is 0 Å². The number of imidazole rings is 1. The number of hydrogen-bond donors (Lipinski definition) is 1. The molecule has 0 spiro atoms. The molecule has 0 radical (unpaired) electrons. The molecule has 1 amide bonds. The Labute approximate surface area is 121 Å². The minimum atomic E-state index is -0.0518. The minimum absolute atomic E-state index is 0.0518. The Morgan fingerprint density at radius 3 is 3.05 bits per heavy atom. The van der Waals surface area contributed by atoms with Gasteiger partial charge >= 0.3 is 0 Å². The Hall–Kier alpha value is -1.83. The first kappa shape index (κ1) is 14.6. The van der Waals surface area contributed by atoms with E-state index in [4.69, 9.17) is 4.42 Å². The van der Waals surface area contributed by atoms with Gasteiger partial charge in [0, 0.05) is 38.8 Å². The predicted octanol–water partition coefficient (Wildman–Crippen LogP) is 1.05. The van der Waals surface area contributed by atoms with Crippen LogP contribution in [0.15, 0.2) is 22.0 Å². The molecule has 0 aromatic carbocycles. The molecule has 7 nitrogen and oxygen atoms in total. The molecule has 2 aromatic heterocycles. The maximum Gasteiger partial charge on any atom is 0.277 e. The predicted molar refractivity (Wildman–Crippen MR) is 74.4 cm³/mol. The summed E-state index contributed by atoms with van der Waals surface area (Å²) >= 11 is 1.23. The van der Waals surface area contributed by atoms with Gasteiger partial charge in [-0.15, -0.1) is 10.2 Å². The standard InChI is InChI=1S/C12H17N5O2S/c1-3-10-13-4-6-17(10)7-5-14-11(18)8-20-12-16-15-9(2)19-12/h4,6H,3,5,7-8H2,1-2H3,(H,14,18). The molecular weight excluding hydrogens is 278 g/mol. The molecule has 0 bridgehead atoms. The molecule has 0 aliphatic heterocycles. The second kappa shape index (κ2) is 7.09. The van der Waals surface area contributed by atoms with Gasteiger partial charge in [0.25, 0.3) is 5.22 Å². The normalized spacial score (nSPS) is 10.7. The number of rotatable bonds is 7. The maximum absolute atomic E-state index is 11.7. The molecule has 0 saturated carbocycles. The second-order valence-electron chi connectivity index (χ2n) is 4.12. The molecule has 0 atom stereocenters. The summed E-state index contributed by atoms with van der Waals surface area (Å²) in [5.74, 6) is 1.74. The SMILES string of the molecule is CCc1nccn1CCNC(=O)CSc1nnc(C)o1. The van der Waals surface area contributed by atoms with Crippen LogP contribution in [0, 0.1) is 6.92 Å². The third-order valence-corrected chi connectivity index (χ3v) is 3.45. The lowest BCUT2D eigenvalue weighted by molar-refractivity contribution is -0.118. The van der Waals surface area contributed by atoms with Crippen LogP contribution in [0.4, 0.5) is 0 Å². The smallest absolute Gasteiger partial charge is 0.277 e. The zero-order valence-electron chi connectivity index (χ0n) is 11.5. The van der Waals surface area contributed by atoms with Gasteiger partial charge in [-0.3, -0.25) is 4.79 Å². The summed E-state index contributed by atoms with van der Waals surface area (Å²) < 4.78 is 7.21. The Balaban J connectivity index is 1.67. The van der Waals surface area contributed by atoms with Crippen LogP contribution in [0.2, 0.25) is 0 Å². The van der Waals surface area contributed by atoms with Gasteiger partial charge in [0.15, 0.2) is 0 Å². The van der Waals surface area contributed by atoms with Crippen LogP contribution in [0.1, 0.15) is 18.6 Å². The van der Waals surface area contributed by atoms with Crippen molar-refractivity contribution in [3.05, 3.63) is 24.1 Å². The third kappa shape index (κ3) is 4.09. The fraction of sp³-hybridized carbons (Fsp3) is 0.500. The van der Waals surface area contributed by atoms with Gasteiger partial charge in [-0.25, -0.2) is 4.98 Å². The Morgan fingerprint density at radius 1 is 1.50 bits per heavy atom. The number of thioether (sulfide) groups is 1. The van der Waals surface area contributed by atoms with E-state index in [1.165, 1.54) is 11.8 Å². The molecule has 2 aromatic rings. The highest BCUT2D eigenvalue weighted by molar-refractivity contribution is 7.99. The molecule has 0 aliphatic carbocycles. The molecular formula is C12H17N5O2S. The van der Waals surface area contributed by atoms with Gasteiger partial charge in [-0.1, -0.05) is 18.7 Å². The van der Waals surface area contributed by atoms with Gasteiger partial charge < -0.3 is 14.3 Å². The van der Waals surface area contributed by atoms with Crippen molar-refractivity contribution < 1.29 is 9.21 Å². The summed E-state index contributed by atoms with van der Waals surface area (Å²) in [5, 5.41) is 10.8. The third-order valence-electron chi connectivity index (χ3n) is 2.63. The van der Waals surface area contributed by atoms with E-state index >= 15 is 0 Å². The van der Waals surface area contributed by atoms with Crippen LogP contribution >= 0.6 is 11.8 Å². The number of hydrogen-bond acceptors (Lipinski definition) is 6. The van der Waals surface area contributed by atoms with E-state index in [9.17, 15) is 4.79 Å². The van der Waals surface area contributed by atoms with Crippen molar-refractivity contribution in [2.24, 2.45) is 0 Å². The Morgan fingerprint density at radius 2 is 2.35 bits per heavy atom. The molecule has 2 rings (SSSR count). The highest BCUT2D eigenvalue weighted by Crippen LogP contribution is 2.14. The van der Waals surface area contributed by atoms with Crippen molar-refractivity contribution in [2.45, 2.75) is 32.0 Å². The van der Waals surface area contributed by atoms with E-state index in [0.29, 0.717) is 17.7 Å². The van der Waals surface area contributed by atoms with Gasteiger partial charge in [-0.2, -0.15) is 0 Å². The van der Waals surface area contributed by atoms with Gasteiger partial charge in [0.2, 0.25) is 11.8 Å². The summed E-state index contributed by atoms with van der Waals surface area (Å²) in [6.45, 7) is 5.07. The van der Waals surface area contributed by atoms with Crippen molar-refractivity contribution in [3.63, 3.8) is 0 Å². The highest BCUT2D eigenvalue weighted by atomic mass is 32.2. The minimum Gasteiger partial charge on any atom is -0.416 e. The zero-order valence-corrected chi connectivity index (χ0v) is 12.3. The van der Waals surface area contributed by atoms with Crippen molar-refractivity contribution in [1.82, 2.24) is 25.1 Å². The van der Waals surface area contributed by atoms with Crippen LogP contribution in [0.5, 0.6) is 0 Å². The summed E-state index contributed by atoms with van der Waals surface area (Å²) in [5.41, 5.74) is 0. The Kier molecular flexibility index (Phi) is 5.16. The van der Waals surface area contributed by atoms with E-state index in [-0.39, 0.29) is 11.7 Å². The first-order valence-corrected chi connectivity index (χ1v) is 7.37. The van der Waals surface area contributed by atoms with E-state index in [1.54, 1.807) is 13.1 Å². The lowest BCUT2D eigenvalue weighted by atomic mass is 10.4. The summed E-state index contributed by atoms with van der Waals surface area (Å²) in [6.07, 6.45) is 4.57. The molecule has 0 aliphatic rings. The van der Waals surface area contributed by atoms with E-state index in [2.05, 4.69) is 27.4 Å². The van der Waals surface area contributed by atoms with E-state index < -0.39 is 0 Å². The molecule has 0 fully saturated rings. The summed E-state index contributed by atoms with van der Waals surface area (Å²) in [7, 11) is 0. The van der Waals surface area contributed by atoms with Crippen LogP contribution in [0.3, 0.4) is 0 Å². The van der Waals surface area contributed by atoms with Crippen LogP contribution < -0.4 is 5.32 Å². The molecule has 0 saturated heterocycles. The highest BCUT2D eigenvalue weighted by Gasteiger charge is 2.07. The topological polar surface area (TPSA) is 85.8 Å². The number of carbonyl (C=O) groups excluding carboxylic acids is 1. The van der Waals surface area contributed by atoms with Gasteiger partial charge in [-0.05, 0) is 0 Å². The number of aryl methyl sites for hydroxylation is 2. The lowest BCUT2D eigenvalue weighted by Crippen LogP contribution is -2.28. The number of nitrogens with zero attached hydrogens (tertiary/aromatic N) is 4. The molecule has 108 valence electrons. The average Bonchev–Trinajstić information content (AvgIpc) is 3.05. The number of nitrogens with one attached hydrogen (secondary N) is 1. The van der Waals surface area contributed by atoms with Crippen LogP contribution in [-0.4, -0.2) is 38.0 Å². The largest absolute Gasteiger partial charge is 0.416 e. The molecule has 20 heavy (non-hydrogen) atoms. The summed E-state index contributed by atoms with van der Waals surface area (Å²) in [4.78, 5) is 15.9. The van der Waals surface area contributed by atoms with E-state index in [1.807, 2.05) is 10.8 Å². The Bertz CT molecular complexity index is 566. The monoisotopic (exact) mass is 295 g/mol. The van der Waals surface area contributed by atoms with Crippen molar-refractivity contribution >= 4 is 17.7 Å². The summed E-state index contributed by atoms with van der Waals surface area (Å²) in [6, 6.07) is 0. The lowest BCUT2D eigenvalue weighted by Gasteiger charge is -2.07. The van der Waals surface area contributed by atoms with E-state index in [0.717, 1.165) is 18.8 Å². The maximum atomic E-state index is 11.7. The molecule has 2 heterocycles. The van der Waals surface area contributed by atoms with Crippen molar-refractivity contribution in [3.8, 4) is 0 Å². The number of amides is 1. The first-order chi connectivity index (χ1) is 9.69. The second-order valence-corrected chi connectivity index (χ2v) is 5.04. The fourth-order valence-electron chi connectivity index (χ4n) is 1.69. The first-order valence-electron chi connectivity index (χ1n) is 6.38. The molecule has 1 N–H and O–H groups in total. The quantitative estimate of drug-likeness (QED) is 0.768. The van der Waals surface area contributed by atoms with Gasteiger partial charge in [0.1, 0.15) is 5.82 Å². The number of carbonyl (C=O) groups is 1.